The molecule has 3 N–H and O–H groups in total. The maximum atomic E-state index is 10.6. The monoisotopic (exact) mass is 392 g/mol. The molecule has 4 heteroatoms. The number of quaternary nitrogens is 1. The number of hydrogen-bond acceptors (Lipinski definition) is 3. The Kier molecular flexibility index (Phi) is 7.68. The van der Waals surface area contributed by atoms with Gasteiger partial charge in [-0.3, -0.25) is 0 Å². The summed E-state index contributed by atoms with van der Waals surface area (Å²) in [7, 11) is 0. The zero-order chi connectivity index (χ0) is 20.5. The molecule has 0 unspecified atom stereocenters. The molecule has 3 rings (SSSR count). The van der Waals surface area contributed by atoms with E-state index in [2.05, 4.69) is 11.4 Å². The van der Waals surface area contributed by atoms with E-state index in [0.717, 1.165) is 28.2 Å². The first kappa shape index (κ1) is 20.9. The number of ether oxygens (including phenoxy) is 2. The first-order chi connectivity index (χ1) is 14.2. The van der Waals surface area contributed by atoms with E-state index in [1.165, 1.54) is 0 Å². The summed E-state index contributed by atoms with van der Waals surface area (Å²) in [6.45, 7) is 5.76. The van der Waals surface area contributed by atoms with Gasteiger partial charge in [-0.25, -0.2) is 0 Å². The van der Waals surface area contributed by atoms with Crippen molar-refractivity contribution in [1.29, 1.82) is 0 Å². The molecule has 0 fully saturated rings. The summed E-state index contributed by atoms with van der Waals surface area (Å²) in [5, 5.41) is 12.8. The molecule has 0 aromatic heterocycles. The Labute approximate surface area is 173 Å². The van der Waals surface area contributed by atoms with Crippen molar-refractivity contribution in [3.8, 4) is 11.5 Å². The van der Waals surface area contributed by atoms with Crippen LogP contribution in [0.1, 0.15) is 36.6 Å². The van der Waals surface area contributed by atoms with Crippen molar-refractivity contribution >= 4 is 0 Å². The third-order valence-electron chi connectivity index (χ3n) is 4.93. The lowest BCUT2D eigenvalue weighted by Crippen LogP contribution is -2.89. The summed E-state index contributed by atoms with van der Waals surface area (Å²) in [5.41, 5.74) is 3.10. The molecule has 0 radical (unpaired) electrons. The Hall–Kier alpha value is -2.82. The molecular weight excluding hydrogens is 362 g/mol. The van der Waals surface area contributed by atoms with Crippen molar-refractivity contribution in [2.45, 2.75) is 39.1 Å². The molecular formula is C25H30NO3+. The van der Waals surface area contributed by atoms with Crippen molar-refractivity contribution in [2.24, 2.45) is 0 Å². The highest BCUT2D eigenvalue weighted by atomic mass is 16.5. The molecule has 3 aromatic rings. The predicted molar refractivity (Wildman–Crippen MR) is 115 cm³/mol. The van der Waals surface area contributed by atoms with Crippen LogP contribution in [0.2, 0.25) is 0 Å². The second-order valence-electron chi connectivity index (χ2n) is 7.11. The molecule has 4 nitrogen and oxygen atoms in total. The van der Waals surface area contributed by atoms with Crippen LogP contribution in [0.25, 0.3) is 0 Å². The highest BCUT2D eigenvalue weighted by Crippen LogP contribution is 2.32. The number of aliphatic hydroxyl groups excluding tert-OH is 1. The zero-order valence-corrected chi connectivity index (χ0v) is 17.1. The van der Waals surface area contributed by atoms with Crippen LogP contribution >= 0.6 is 0 Å². The van der Waals surface area contributed by atoms with Crippen LogP contribution < -0.4 is 14.8 Å². The molecule has 0 saturated heterocycles. The van der Waals surface area contributed by atoms with E-state index in [1.807, 2.05) is 86.6 Å². The third kappa shape index (κ3) is 5.83. The van der Waals surface area contributed by atoms with Crippen LogP contribution in [0.5, 0.6) is 11.5 Å². The lowest BCUT2D eigenvalue weighted by atomic mass is 10.0. The molecule has 2 atom stereocenters. The van der Waals surface area contributed by atoms with Crippen LogP contribution in [0.4, 0.5) is 0 Å². The lowest BCUT2D eigenvalue weighted by molar-refractivity contribution is -0.709. The number of hydrogen-bond donors (Lipinski definition) is 2. The number of para-hydroxylation sites is 1. The van der Waals surface area contributed by atoms with Gasteiger partial charge in [0.1, 0.15) is 25.3 Å². The van der Waals surface area contributed by atoms with Gasteiger partial charge in [0.05, 0.1) is 12.2 Å². The summed E-state index contributed by atoms with van der Waals surface area (Å²) in [4.78, 5) is 0. The fraction of sp³-hybridized carbons (Fsp3) is 0.280. The van der Waals surface area contributed by atoms with Crippen LogP contribution in [-0.2, 0) is 13.2 Å². The van der Waals surface area contributed by atoms with Crippen molar-refractivity contribution in [3.63, 3.8) is 0 Å². The minimum absolute atomic E-state index is 0.00937. The molecule has 0 saturated carbocycles. The Balaban J connectivity index is 1.71. The smallest absolute Gasteiger partial charge is 0.170 e. The van der Waals surface area contributed by atoms with Crippen LogP contribution in [0, 0.1) is 0 Å². The second kappa shape index (κ2) is 10.6. The topological polar surface area (TPSA) is 55.3 Å². The molecule has 0 aliphatic carbocycles. The van der Waals surface area contributed by atoms with Gasteiger partial charge >= 0.3 is 0 Å². The van der Waals surface area contributed by atoms with E-state index in [1.54, 1.807) is 0 Å². The van der Waals surface area contributed by atoms with Gasteiger partial charge in [0, 0.05) is 0 Å². The Morgan fingerprint density at radius 2 is 1.55 bits per heavy atom. The number of rotatable bonds is 10. The van der Waals surface area contributed by atoms with Gasteiger partial charge in [-0.1, -0.05) is 66.7 Å². The standard InChI is InChI=1S/C25H29NO3/c1-3-28-23-16-10-15-22(25(23)29-18-20-11-6-4-7-12-20)17-26-19(2)24(27)21-13-8-5-9-14-21/h4-16,19,24,26-27H,3,17-18H2,1-2H3/p+1/t19-,24-/m1/s1. The first-order valence-corrected chi connectivity index (χ1v) is 10.2. The summed E-state index contributed by atoms with van der Waals surface area (Å²) >= 11 is 0. The van der Waals surface area contributed by atoms with E-state index in [4.69, 9.17) is 9.47 Å². The minimum Gasteiger partial charge on any atom is -0.490 e. The van der Waals surface area contributed by atoms with Crippen molar-refractivity contribution < 1.29 is 19.9 Å². The molecule has 0 aliphatic heterocycles. The van der Waals surface area contributed by atoms with Gasteiger partial charge in [0.2, 0.25) is 0 Å². The number of nitrogens with two attached hydrogens (primary N) is 1. The third-order valence-corrected chi connectivity index (χ3v) is 4.93. The van der Waals surface area contributed by atoms with E-state index < -0.39 is 6.10 Å². The fourth-order valence-electron chi connectivity index (χ4n) is 3.28. The second-order valence-corrected chi connectivity index (χ2v) is 7.11. The first-order valence-electron chi connectivity index (χ1n) is 10.2. The van der Waals surface area contributed by atoms with Crippen LogP contribution in [-0.4, -0.2) is 17.8 Å². The molecule has 29 heavy (non-hydrogen) atoms. The SMILES string of the molecule is CCOc1cccc(C[NH2+][C@H](C)[C@@H](O)c2ccccc2)c1OCc1ccccc1. The van der Waals surface area contributed by atoms with Crippen molar-refractivity contribution in [1.82, 2.24) is 0 Å². The van der Waals surface area contributed by atoms with Gasteiger partial charge in [0.25, 0.3) is 0 Å². The average Bonchev–Trinajstić information content (AvgIpc) is 2.77. The summed E-state index contributed by atoms with van der Waals surface area (Å²) in [6.07, 6.45) is -0.528. The highest BCUT2D eigenvalue weighted by molar-refractivity contribution is 5.46. The average molecular weight is 393 g/mol. The largest absolute Gasteiger partial charge is 0.490 e. The predicted octanol–water partition coefficient (Wildman–Crippen LogP) is 3.85. The maximum absolute atomic E-state index is 10.6. The molecule has 152 valence electrons. The van der Waals surface area contributed by atoms with E-state index >= 15 is 0 Å². The van der Waals surface area contributed by atoms with E-state index in [-0.39, 0.29) is 6.04 Å². The molecule has 0 bridgehead atoms. The molecule has 0 amide bonds. The molecule has 3 aromatic carbocycles. The summed E-state index contributed by atoms with van der Waals surface area (Å²) in [6, 6.07) is 25.9. The molecule has 0 aliphatic rings. The minimum atomic E-state index is -0.528. The quantitative estimate of drug-likeness (QED) is 0.551. The number of benzene rings is 3. The van der Waals surface area contributed by atoms with Crippen molar-refractivity contribution in [2.75, 3.05) is 6.61 Å². The van der Waals surface area contributed by atoms with Crippen molar-refractivity contribution in [3.05, 3.63) is 95.6 Å². The number of aliphatic hydroxyl groups is 1. The Morgan fingerprint density at radius 1 is 0.862 bits per heavy atom. The van der Waals surface area contributed by atoms with Crippen LogP contribution in [0.3, 0.4) is 0 Å². The van der Waals surface area contributed by atoms with Gasteiger partial charge in [-0.15, -0.1) is 0 Å². The van der Waals surface area contributed by atoms with Gasteiger partial charge in [0.15, 0.2) is 11.5 Å². The van der Waals surface area contributed by atoms with Gasteiger partial charge in [-0.05, 0) is 37.1 Å². The molecule has 0 heterocycles. The van der Waals surface area contributed by atoms with E-state index in [9.17, 15) is 5.11 Å². The van der Waals surface area contributed by atoms with Crippen LogP contribution in [0.15, 0.2) is 78.9 Å². The normalized spacial score (nSPS) is 12.9. The van der Waals surface area contributed by atoms with Gasteiger partial charge in [-0.2, -0.15) is 0 Å². The molecule has 0 spiro atoms. The Morgan fingerprint density at radius 3 is 2.24 bits per heavy atom. The lowest BCUT2D eigenvalue weighted by Gasteiger charge is -2.20. The summed E-state index contributed by atoms with van der Waals surface area (Å²) < 4.78 is 12.0. The fourth-order valence-corrected chi connectivity index (χ4v) is 3.28. The highest BCUT2D eigenvalue weighted by Gasteiger charge is 2.20. The van der Waals surface area contributed by atoms with E-state index in [0.29, 0.717) is 19.8 Å². The summed E-state index contributed by atoms with van der Waals surface area (Å²) in [5.74, 6) is 1.53. The zero-order valence-electron chi connectivity index (χ0n) is 17.1. The maximum Gasteiger partial charge on any atom is 0.170 e. The Bertz CT molecular complexity index is 868. The van der Waals surface area contributed by atoms with Gasteiger partial charge < -0.3 is 19.9 Å².